The summed E-state index contributed by atoms with van der Waals surface area (Å²) in [6.07, 6.45) is 1.02. The summed E-state index contributed by atoms with van der Waals surface area (Å²) in [6, 6.07) is 5.84. The zero-order chi connectivity index (χ0) is 15.0. The molecule has 0 saturated heterocycles. The SMILES string of the molecule is CCCn1c(-c2sc(CN)nc2C)nc2cccc(Cl)c21. The lowest BCUT2D eigenvalue weighted by Crippen LogP contribution is -2.00. The van der Waals surface area contributed by atoms with Gasteiger partial charge in [0.1, 0.15) is 5.01 Å². The van der Waals surface area contributed by atoms with Gasteiger partial charge in [-0.15, -0.1) is 11.3 Å². The van der Waals surface area contributed by atoms with Gasteiger partial charge in [0.05, 0.1) is 26.6 Å². The highest BCUT2D eigenvalue weighted by Gasteiger charge is 2.18. The molecule has 0 aliphatic rings. The van der Waals surface area contributed by atoms with E-state index in [0.29, 0.717) is 6.54 Å². The number of fused-ring (bicyclic) bond motifs is 1. The van der Waals surface area contributed by atoms with E-state index in [1.807, 2.05) is 25.1 Å². The second-order valence-electron chi connectivity index (χ2n) is 4.92. The maximum Gasteiger partial charge on any atom is 0.153 e. The second kappa shape index (κ2) is 5.75. The third-order valence-corrected chi connectivity index (χ3v) is 4.86. The van der Waals surface area contributed by atoms with Gasteiger partial charge >= 0.3 is 0 Å². The predicted molar refractivity (Wildman–Crippen MR) is 88.8 cm³/mol. The number of nitrogens with two attached hydrogens (primary N) is 1. The molecule has 110 valence electrons. The van der Waals surface area contributed by atoms with Gasteiger partial charge in [-0.1, -0.05) is 24.6 Å². The Bertz CT molecular complexity index is 790. The van der Waals surface area contributed by atoms with Gasteiger partial charge in [0.25, 0.3) is 0 Å². The molecule has 0 atom stereocenters. The lowest BCUT2D eigenvalue weighted by Gasteiger charge is -2.07. The van der Waals surface area contributed by atoms with Gasteiger partial charge in [0, 0.05) is 13.1 Å². The minimum Gasteiger partial charge on any atom is -0.325 e. The number of hydrogen-bond donors (Lipinski definition) is 1. The smallest absolute Gasteiger partial charge is 0.153 e. The minimum atomic E-state index is 0.459. The number of benzene rings is 1. The van der Waals surface area contributed by atoms with Crippen molar-refractivity contribution in [3.05, 3.63) is 33.9 Å². The number of imidazole rings is 1. The normalized spacial score (nSPS) is 11.4. The van der Waals surface area contributed by atoms with Gasteiger partial charge in [0.15, 0.2) is 5.82 Å². The lowest BCUT2D eigenvalue weighted by atomic mass is 10.3. The molecule has 1 aromatic carbocycles. The third-order valence-electron chi connectivity index (χ3n) is 3.38. The van der Waals surface area contributed by atoms with Gasteiger partial charge < -0.3 is 10.3 Å². The second-order valence-corrected chi connectivity index (χ2v) is 6.41. The third kappa shape index (κ3) is 2.46. The molecule has 2 heterocycles. The Balaban J connectivity index is 2.28. The predicted octanol–water partition coefficient (Wildman–Crippen LogP) is 3.99. The highest BCUT2D eigenvalue weighted by molar-refractivity contribution is 7.15. The van der Waals surface area contributed by atoms with Crippen LogP contribution in [0.25, 0.3) is 21.7 Å². The number of para-hydroxylation sites is 1. The molecule has 2 aromatic heterocycles. The molecule has 21 heavy (non-hydrogen) atoms. The molecule has 0 radical (unpaired) electrons. The summed E-state index contributed by atoms with van der Waals surface area (Å²) >= 11 is 7.99. The van der Waals surface area contributed by atoms with E-state index in [1.54, 1.807) is 11.3 Å². The van der Waals surface area contributed by atoms with Crippen molar-refractivity contribution >= 4 is 34.0 Å². The van der Waals surface area contributed by atoms with Crippen LogP contribution in [-0.4, -0.2) is 14.5 Å². The summed E-state index contributed by atoms with van der Waals surface area (Å²) in [6.45, 7) is 5.49. The number of aromatic nitrogens is 3. The summed E-state index contributed by atoms with van der Waals surface area (Å²) in [5, 5.41) is 1.67. The van der Waals surface area contributed by atoms with Crippen LogP contribution in [0.2, 0.25) is 5.02 Å². The molecule has 2 N–H and O–H groups in total. The number of aryl methyl sites for hydroxylation is 2. The number of nitrogens with zero attached hydrogens (tertiary/aromatic N) is 3. The fourth-order valence-electron chi connectivity index (χ4n) is 2.50. The maximum atomic E-state index is 6.38. The quantitative estimate of drug-likeness (QED) is 0.790. The first-order valence-corrected chi connectivity index (χ1v) is 8.16. The van der Waals surface area contributed by atoms with Gasteiger partial charge in [-0.2, -0.15) is 0 Å². The van der Waals surface area contributed by atoms with Crippen molar-refractivity contribution in [1.82, 2.24) is 14.5 Å². The van der Waals surface area contributed by atoms with Crippen LogP contribution in [0.15, 0.2) is 18.2 Å². The molecule has 6 heteroatoms. The van der Waals surface area contributed by atoms with Crippen molar-refractivity contribution in [2.24, 2.45) is 5.73 Å². The van der Waals surface area contributed by atoms with E-state index in [1.165, 1.54) is 0 Å². The topological polar surface area (TPSA) is 56.7 Å². The highest BCUT2D eigenvalue weighted by Crippen LogP contribution is 2.34. The van der Waals surface area contributed by atoms with E-state index in [4.69, 9.17) is 22.3 Å². The summed E-state index contributed by atoms with van der Waals surface area (Å²) < 4.78 is 2.19. The Morgan fingerprint density at radius 3 is 2.81 bits per heavy atom. The van der Waals surface area contributed by atoms with Crippen LogP contribution >= 0.6 is 22.9 Å². The van der Waals surface area contributed by atoms with Crippen LogP contribution in [-0.2, 0) is 13.1 Å². The Hall–Kier alpha value is -1.43. The fourth-order valence-corrected chi connectivity index (χ4v) is 3.72. The molecular weight excluding hydrogens is 304 g/mol. The van der Waals surface area contributed by atoms with Crippen molar-refractivity contribution in [1.29, 1.82) is 0 Å². The van der Waals surface area contributed by atoms with Gasteiger partial charge in [-0.05, 0) is 25.5 Å². The lowest BCUT2D eigenvalue weighted by molar-refractivity contribution is 0.704. The van der Waals surface area contributed by atoms with E-state index in [2.05, 4.69) is 16.5 Å². The van der Waals surface area contributed by atoms with Crippen molar-refractivity contribution < 1.29 is 0 Å². The number of rotatable bonds is 4. The molecule has 3 aromatic rings. The first-order chi connectivity index (χ1) is 10.2. The Kier molecular flexibility index (Phi) is 3.97. The van der Waals surface area contributed by atoms with Crippen molar-refractivity contribution in [2.45, 2.75) is 33.4 Å². The van der Waals surface area contributed by atoms with Crippen LogP contribution in [0, 0.1) is 6.92 Å². The number of hydrogen-bond acceptors (Lipinski definition) is 4. The van der Waals surface area contributed by atoms with Crippen LogP contribution in [0.5, 0.6) is 0 Å². The van der Waals surface area contributed by atoms with Crippen molar-refractivity contribution in [3.63, 3.8) is 0 Å². The molecular formula is C15H17ClN4S. The summed E-state index contributed by atoms with van der Waals surface area (Å²) in [5.41, 5.74) is 8.60. The molecule has 0 unspecified atom stereocenters. The minimum absolute atomic E-state index is 0.459. The standard InChI is InChI=1S/C15H17ClN4S/c1-3-7-20-13-10(16)5-4-6-11(13)19-15(20)14-9(2)18-12(8-17)21-14/h4-6H,3,7-8,17H2,1-2H3. The monoisotopic (exact) mass is 320 g/mol. The molecule has 0 aliphatic carbocycles. The zero-order valence-corrected chi connectivity index (χ0v) is 13.6. The molecule has 0 aliphatic heterocycles. The number of halogens is 1. The summed E-state index contributed by atoms with van der Waals surface area (Å²) in [7, 11) is 0. The summed E-state index contributed by atoms with van der Waals surface area (Å²) in [5.74, 6) is 0.939. The van der Waals surface area contributed by atoms with E-state index in [0.717, 1.165) is 50.4 Å². The molecule has 0 bridgehead atoms. The van der Waals surface area contributed by atoms with Crippen LogP contribution in [0.3, 0.4) is 0 Å². The maximum absolute atomic E-state index is 6.38. The van der Waals surface area contributed by atoms with E-state index < -0.39 is 0 Å². The largest absolute Gasteiger partial charge is 0.325 e. The van der Waals surface area contributed by atoms with Crippen LogP contribution < -0.4 is 5.73 Å². The highest BCUT2D eigenvalue weighted by atomic mass is 35.5. The van der Waals surface area contributed by atoms with Crippen LogP contribution in [0.4, 0.5) is 0 Å². The van der Waals surface area contributed by atoms with E-state index in [9.17, 15) is 0 Å². The van der Waals surface area contributed by atoms with Crippen molar-refractivity contribution in [3.8, 4) is 10.7 Å². The molecule has 4 nitrogen and oxygen atoms in total. The first-order valence-electron chi connectivity index (χ1n) is 6.97. The average Bonchev–Trinajstić information content (AvgIpc) is 3.01. The Labute approximate surface area is 132 Å². The van der Waals surface area contributed by atoms with E-state index in [-0.39, 0.29) is 0 Å². The van der Waals surface area contributed by atoms with Gasteiger partial charge in [-0.3, -0.25) is 0 Å². The molecule has 0 saturated carbocycles. The first kappa shape index (κ1) is 14.5. The molecule has 3 rings (SSSR count). The van der Waals surface area contributed by atoms with Gasteiger partial charge in [0.2, 0.25) is 0 Å². The number of thiazole rings is 1. The van der Waals surface area contributed by atoms with Gasteiger partial charge in [-0.25, -0.2) is 9.97 Å². The molecule has 0 amide bonds. The van der Waals surface area contributed by atoms with Crippen molar-refractivity contribution in [2.75, 3.05) is 0 Å². The van der Waals surface area contributed by atoms with E-state index >= 15 is 0 Å². The summed E-state index contributed by atoms with van der Waals surface area (Å²) in [4.78, 5) is 10.4. The average molecular weight is 321 g/mol. The van der Waals surface area contributed by atoms with Crippen LogP contribution in [0.1, 0.15) is 24.0 Å². The zero-order valence-electron chi connectivity index (χ0n) is 12.1. The molecule has 0 spiro atoms. The Morgan fingerprint density at radius 2 is 2.14 bits per heavy atom. The Morgan fingerprint density at radius 1 is 1.33 bits per heavy atom. The molecule has 0 fully saturated rings. The fraction of sp³-hybridized carbons (Fsp3) is 0.333.